The third kappa shape index (κ3) is 4.06. The average molecular weight is 325 g/mol. The average Bonchev–Trinajstić information content (AvgIpc) is 2.54. The van der Waals surface area contributed by atoms with Gasteiger partial charge in [-0.15, -0.1) is 0 Å². The molecule has 6 nitrogen and oxygen atoms in total. The normalized spacial score (nSPS) is 18.2. The van der Waals surface area contributed by atoms with Gasteiger partial charge in [0.05, 0.1) is 5.75 Å². The standard InChI is InChI=1S/C15H23N3O3S/c1-13(11-16)15(19)17-7-9-18(10-8-17)22(20,21)12-14-5-3-2-4-6-14/h2-6,13H,7-12,16H2,1H3. The number of nitrogens with zero attached hydrogens (tertiary/aromatic N) is 2. The lowest BCUT2D eigenvalue weighted by Gasteiger charge is -2.35. The van der Waals surface area contributed by atoms with E-state index < -0.39 is 10.0 Å². The molecule has 1 aromatic rings. The second-order valence-corrected chi connectivity index (χ2v) is 7.57. The molecule has 0 aliphatic carbocycles. The van der Waals surface area contributed by atoms with Crippen molar-refractivity contribution < 1.29 is 13.2 Å². The van der Waals surface area contributed by atoms with Crippen molar-refractivity contribution in [1.82, 2.24) is 9.21 Å². The molecule has 0 spiro atoms. The van der Waals surface area contributed by atoms with Crippen LogP contribution < -0.4 is 5.73 Å². The van der Waals surface area contributed by atoms with Gasteiger partial charge in [-0.25, -0.2) is 8.42 Å². The van der Waals surface area contributed by atoms with E-state index in [1.54, 1.807) is 24.0 Å². The summed E-state index contributed by atoms with van der Waals surface area (Å²) >= 11 is 0. The van der Waals surface area contributed by atoms with Crippen LogP contribution in [0.5, 0.6) is 0 Å². The van der Waals surface area contributed by atoms with Crippen molar-refractivity contribution >= 4 is 15.9 Å². The first-order valence-corrected chi connectivity index (χ1v) is 9.05. The predicted octanol–water partition coefficient (Wildman–Crippen LogP) is 0.255. The van der Waals surface area contributed by atoms with Crippen LogP contribution in [0.3, 0.4) is 0 Å². The summed E-state index contributed by atoms with van der Waals surface area (Å²) in [6, 6.07) is 9.13. The zero-order chi connectivity index (χ0) is 16.2. The van der Waals surface area contributed by atoms with Gasteiger partial charge in [0.25, 0.3) is 0 Å². The largest absolute Gasteiger partial charge is 0.340 e. The van der Waals surface area contributed by atoms with E-state index in [0.717, 1.165) is 5.56 Å². The molecule has 1 aliphatic heterocycles. The lowest BCUT2D eigenvalue weighted by atomic mass is 10.1. The maximum atomic E-state index is 12.4. The van der Waals surface area contributed by atoms with Crippen LogP contribution in [0, 0.1) is 5.92 Å². The molecule has 2 rings (SSSR count). The summed E-state index contributed by atoms with van der Waals surface area (Å²) in [7, 11) is -3.34. The quantitative estimate of drug-likeness (QED) is 0.841. The Bertz CT molecular complexity index is 596. The minimum absolute atomic E-state index is 0.000981. The van der Waals surface area contributed by atoms with Crippen molar-refractivity contribution in [3.05, 3.63) is 35.9 Å². The van der Waals surface area contributed by atoms with Crippen molar-refractivity contribution in [2.24, 2.45) is 11.7 Å². The molecule has 0 saturated carbocycles. The third-order valence-electron chi connectivity index (χ3n) is 3.91. The molecule has 7 heteroatoms. The van der Waals surface area contributed by atoms with Crippen LogP contribution in [0.1, 0.15) is 12.5 Å². The van der Waals surface area contributed by atoms with Gasteiger partial charge in [-0.1, -0.05) is 37.3 Å². The molecule has 22 heavy (non-hydrogen) atoms. The van der Waals surface area contributed by atoms with Crippen LogP contribution >= 0.6 is 0 Å². The summed E-state index contributed by atoms with van der Waals surface area (Å²) in [6.07, 6.45) is 0. The van der Waals surface area contributed by atoms with Crippen molar-refractivity contribution in [2.75, 3.05) is 32.7 Å². The van der Waals surface area contributed by atoms with E-state index in [4.69, 9.17) is 5.73 Å². The highest BCUT2D eigenvalue weighted by Crippen LogP contribution is 2.14. The summed E-state index contributed by atoms with van der Waals surface area (Å²) in [4.78, 5) is 13.8. The molecule has 0 bridgehead atoms. The fourth-order valence-corrected chi connectivity index (χ4v) is 3.99. The lowest BCUT2D eigenvalue weighted by Crippen LogP contribution is -2.52. The highest BCUT2D eigenvalue weighted by Gasteiger charge is 2.30. The SMILES string of the molecule is CC(CN)C(=O)N1CCN(S(=O)(=O)Cc2ccccc2)CC1. The Morgan fingerprint density at radius 1 is 1.18 bits per heavy atom. The number of nitrogens with two attached hydrogens (primary N) is 1. The summed E-state index contributed by atoms with van der Waals surface area (Å²) in [6.45, 7) is 3.65. The number of carbonyl (C=O) groups is 1. The molecule has 2 N–H and O–H groups in total. The minimum atomic E-state index is -3.34. The van der Waals surface area contributed by atoms with E-state index in [-0.39, 0.29) is 17.6 Å². The molecular weight excluding hydrogens is 302 g/mol. The molecule has 1 saturated heterocycles. The van der Waals surface area contributed by atoms with Gasteiger partial charge in [-0.2, -0.15) is 4.31 Å². The number of benzene rings is 1. The molecule has 1 aromatic carbocycles. The second kappa shape index (κ2) is 7.21. The number of sulfonamides is 1. The number of hydrogen-bond donors (Lipinski definition) is 1. The van der Waals surface area contributed by atoms with Gasteiger partial charge in [-0.05, 0) is 5.56 Å². The summed E-state index contributed by atoms with van der Waals surface area (Å²) in [5.41, 5.74) is 6.28. The molecule has 1 atom stereocenters. The molecule has 1 fully saturated rings. The number of rotatable bonds is 5. The Morgan fingerprint density at radius 3 is 2.32 bits per heavy atom. The van der Waals surface area contributed by atoms with Gasteiger partial charge in [0, 0.05) is 38.6 Å². The first kappa shape index (κ1) is 16.9. The Labute approximate surface area is 131 Å². The Balaban J connectivity index is 1.94. The number of hydrogen-bond acceptors (Lipinski definition) is 4. The fourth-order valence-electron chi connectivity index (χ4n) is 2.48. The second-order valence-electron chi connectivity index (χ2n) is 5.60. The van der Waals surface area contributed by atoms with E-state index in [2.05, 4.69) is 0 Å². The van der Waals surface area contributed by atoms with E-state index in [9.17, 15) is 13.2 Å². The van der Waals surface area contributed by atoms with Crippen LogP contribution in [0.15, 0.2) is 30.3 Å². The van der Waals surface area contributed by atoms with Crippen LogP contribution in [0.4, 0.5) is 0 Å². The Morgan fingerprint density at radius 2 is 1.77 bits per heavy atom. The van der Waals surface area contributed by atoms with Gasteiger partial charge in [0.15, 0.2) is 0 Å². The van der Waals surface area contributed by atoms with Crippen molar-refractivity contribution in [3.8, 4) is 0 Å². The van der Waals surface area contributed by atoms with Gasteiger partial charge in [0.1, 0.15) is 0 Å². The van der Waals surface area contributed by atoms with E-state index >= 15 is 0 Å². The van der Waals surface area contributed by atoms with E-state index in [1.165, 1.54) is 4.31 Å². The minimum Gasteiger partial charge on any atom is -0.340 e. The number of piperazine rings is 1. The van der Waals surface area contributed by atoms with Gasteiger partial charge < -0.3 is 10.6 Å². The molecule has 1 unspecified atom stereocenters. The zero-order valence-electron chi connectivity index (χ0n) is 12.8. The number of amides is 1. The smallest absolute Gasteiger partial charge is 0.226 e. The highest BCUT2D eigenvalue weighted by molar-refractivity contribution is 7.88. The Hall–Kier alpha value is -1.44. The van der Waals surface area contributed by atoms with E-state index in [0.29, 0.717) is 32.7 Å². The number of carbonyl (C=O) groups excluding carboxylic acids is 1. The van der Waals surface area contributed by atoms with Gasteiger partial charge >= 0.3 is 0 Å². The summed E-state index contributed by atoms with van der Waals surface area (Å²) in [5, 5.41) is 0. The first-order chi connectivity index (χ1) is 10.4. The Kier molecular flexibility index (Phi) is 5.55. The topological polar surface area (TPSA) is 83.7 Å². The third-order valence-corrected chi connectivity index (χ3v) is 5.76. The van der Waals surface area contributed by atoms with Crippen molar-refractivity contribution in [1.29, 1.82) is 0 Å². The molecule has 1 heterocycles. The van der Waals surface area contributed by atoms with Crippen molar-refractivity contribution in [2.45, 2.75) is 12.7 Å². The molecule has 1 amide bonds. The first-order valence-electron chi connectivity index (χ1n) is 7.44. The monoisotopic (exact) mass is 325 g/mol. The maximum Gasteiger partial charge on any atom is 0.226 e. The molecule has 0 aromatic heterocycles. The highest BCUT2D eigenvalue weighted by atomic mass is 32.2. The predicted molar refractivity (Wildman–Crippen MR) is 85.4 cm³/mol. The molecule has 1 aliphatic rings. The van der Waals surface area contributed by atoms with Crippen molar-refractivity contribution in [3.63, 3.8) is 0 Å². The van der Waals surface area contributed by atoms with Crippen LogP contribution in [0.2, 0.25) is 0 Å². The fraction of sp³-hybridized carbons (Fsp3) is 0.533. The zero-order valence-corrected chi connectivity index (χ0v) is 13.6. The van der Waals surface area contributed by atoms with Crippen LogP contribution in [0.25, 0.3) is 0 Å². The van der Waals surface area contributed by atoms with Crippen LogP contribution in [-0.2, 0) is 20.6 Å². The summed E-state index contributed by atoms with van der Waals surface area (Å²) < 4.78 is 26.3. The maximum absolute atomic E-state index is 12.4. The lowest BCUT2D eigenvalue weighted by molar-refractivity contribution is -0.135. The molecule has 122 valence electrons. The summed E-state index contributed by atoms with van der Waals surface area (Å²) in [5.74, 6) is -0.212. The van der Waals surface area contributed by atoms with Gasteiger partial charge in [-0.3, -0.25) is 4.79 Å². The molecular formula is C15H23N3O3S. The van der Waals surface area contributed by atoms with E-state index in [1.807, 2.05) is 18.2 Å². The van der Waals surface area contributed by atoms with Gasteiger partial charge in [0.2, 0.25) is 15.9 Å². The molecule has 0 radical (unpaired) electrons. The van der Waals surface area contributed by atoms with Crippen LogP contribution in [-0.4, -0.2) is 56.3 Å².